The average molecular weight is 400 g/mol. The third-order valence-corrected chi connectivity index (χ3v) is 6.25. The second-order valence-corrected chi connectivity index (χ2v) is 7.63. The number of phenolic OH excluding ortho intramolecular Hbond substituents is 1. The van der Waals surface area contributed by atoms with E-state index in [1.165, 1.54) is 13.1 Å². The van der Waals surface area contributed by atoms with Gasteiger partial charge in [-0.15, -0.1) is 0 Å². The molecule has 0 aromatic heterocycles. The molecule has 0 heterocycles. The first-order valence-corrected chi connectivity index (χ1v) is 9.11. The van der Waals surface area contributed by atoms with Crippen LogP contribution in [0.15, 0.2) is 35.1 Å². The van der Waals surface area contributed by atoms with Crippen LogP contribution in [0.25, 0.3) is 5.76 Å². The number of hydrogen-bond acceptors (Lipinski definition) is 8. The number of aliphatic hydroxyl groups is 3. The molecule has 0 saturated heterocycles. The number of carbonyl (C=O) groups excluding carboxylic acids is 3. The highest BCUT2D eigenvalue weighted by Gasteiger charge is 2.63. The van der Waals surface area contributed by atoms with Crippen molar-refractivity contribution in [3.63, 3.8) is 0 Å². The van der Waals surface area contributed by atoms with E-state index in [1.807, 2.05) is 0 Å². The number of carbonyl (C=O) groups is 3. The molecule has 1 aromatic rings. The number of fused-ring (bicyclic) bond motifs is 3. The summed E-state index contributed by atoms with van der Waals surface area (Å²) in [6.45, 7) is 0. The first kappa shape index (κ1) is 19.2. The molecule has 0 bridgehead atoms. The summed E-state index contributed by atoms with van der Waals surface area (Å²) in [6, 6.07) is 3.55. The molecule has 7 N–H and O–H groups in total. The van der Waals surface area contributed by atoms with Crippen LogP contribution in [0.2, 0.25) is 0 Å². The van der Waals surface area contributed by atoms with Crippen LogP contribution in [0.5, 0.6) is 5.75 Å². The minimum atomic E-state index is -2.60. The van der Waals surface area contributed by atoms with Gasteiger partial charge in [-0.2, -0.15) is 0 Å². The maximum absolute atomic E-state index is 13.4. The Morgan fingerprint density at radius 2 is 1.93 bits per heavy atom. The molecule has 4 atom stereocenters. The molecule has 0 spiro atoms. The monoisotopic (exact) mass is 400 g/mol. The molecule has 152 valence electrons. The van der Waals surface area contributed by atoms with Crippen LogP contribution in [-0.2, 0) is 20.8 Å². The zero-order valence-corrected chi connectivity index (χ0v) is 15.5. The van der Waals surface area contributed by atoms with Crippen LogP contribution in [-0.4, -0.2) is 56.6 Å². The number of ketones is 2. The van der Waals surface area contributed by atoms with E-state index >= 15 is 0 Å². The van der Waals surface area contributed by atoms with Gasteiger partial charge < -0.3 is 31.5 Å². The molecule has 0 radical (unpaired) electrons. The summed E-state index contributed by atoms with van der Waals surface area (Å²) in [5, 5.41) is 45.5. The highest BCUT2D eigenvalue weighted by Crippen LogP contribution is 2.51. The van der Waals surface area contributed by atoms with Crippen LogP contribution in [0.3, 0.4) is 0 Å². The third-order valence-electron chi connectivity index (χ3n) is 6.25. The number of benzene rings is 1. The minimum absolute atomic E-state index is 0.0735. The molecular formula is C20H20N2O7. The van der Waals surface area contributed by atoms with Crippen LogP contribution in [0, 0.1) is 11.8 Å². The minimum Gasteiger partial charge on any atom is -0.508 e. The standard InChI is InChI=1S/C20H20N2O7/c1-22-14-9-6-8-5-7-3-2-4-10(23)11(7)15(24)12(8)17(26)20(9,29)18(27)13(16(14)25)19(21)28/h2-4,8-9,14,22-24,27,29H,5-6H2,1H3,(H2,21,28)/t8-,9-,14-,20-/m0/s1. The zero-order chi connectivity index (χ0) is 21.2. The van der Waals surface area contributed by atoms with Crippen molar-refractivity contribution in [3.8, 4) is 5.75 Å². The lowest BCUT2D eigenvalue weighted by molar-refractivity contribution is -0.150. The van der Waals surface area contributed by atoms with E-state index < -0.39 is 58.0 Å². The SMILES string of the molecule is CN[C@@H]1C(=O)C(C(N)=O)=C(O)[C@@]2(O)C(=O)C3=C(O)c4c(O)cccc4C[C@H]3C[C@@H]12. The van der Waals surface area contributed by atoms with E-state index in [9.17, 15) is 34.8 Å². The third kappa shape index (κ3) is 2.31. The Balaban J connectivity index is 1.97. The molecule has 1 amide bonds. The molecule has 3 aliphatic rings. The summed E-state index contributed by atoms with van der Waals surface area (Å²) in [6.07, 6.45) is 0.364. The van der Waals surface area contributed by atoms with Gasteiger partial charge >= 0.3 is 0 Å². The molecule has 9 nitrogen and oxygen atoms in total. The van der Waals surface area contributed by atoms with Gasteiger partial charge in [-0.25, -0.2) is 0 Å². The van der Waals surface area contributed by atoms with Gasteiger partial charge in [0.1, 0.15) is 22.8 Å². The van der Waals surface area contributed by atoms with Crippen LogP contribution in [0.1, 0.15) is 17.5 Å². The van der Waals surface area contributed by atoms with Gasteiger partial charge in [0.25, 0.3) is 5.91 Å². The Morgan fingerprint density at radius 1 is 1.24 bits per heavy atom. The zero-order valence-electron chi connectivity index (χ0n) is 15.5. The van der Waals surface area contributed by atoms with E-state index in [2.05, 4.69) is 5.32 Å². The normalized spacial score (nSPS) is 31.3. The van der Waals surface area contributed by atoms with Crippen molar-refractivity contribution < 1.29 is 34.8 Å². The van der Waals surface area contributed by atoms with Crippen LogP contribution in [0.4, 0.5) is 0 Å². The maximum atomic E-state index is 13.4. The average Bonchev–Trinajstić information content (AvgIpc) is 2.65. The number of nitrogens with two attached hydrogens (primary N) is 1. The number of hydrogen-bond donors (Lipinski definition) is 6. The molecular weight excluding hydrogens is 380 g/mol. The van der Waals surface area contributed by atoms with Crippen molar-refractivity contribution in [1.82, 2.24) is 5.32 Å². The summed E-state index contributed by atoms with van der Waals surface area (Å²) < 4.78 is 0. The molecule has 1 fully saturated rings. The fraction of sp³-hybridized carbons (Fsp3) is 0.350. The van der Waals surface area contributed by atoms with Gasteiger partial charge in [-0.1, -0.05) is 12.1 Å². The van der Waals surface area contributed by atoms with E-state index in [1.54, 1.807) is 12.1 Å². The smallest absolute Gasteiger partial charge is 0.255 e. The van der Waals surface area contributed by atoms with Crippen LogP contribution >= 0.6 is 0 Å². The van der Waals surface area contributed by atoms with Gasteiger partial charge in [-0.05, 0) is 37.4 Å². The number of aromatic hydroxyl groups is 1. The van der Waals surface area contributed by atoms with Crippen LogP contribution < -0.4 is 11.1 Å². The van der Waals surface area contributed by atoms with Crippen molar-refractivity contribution in [2.45, 2.75) is 24.5 Å². The topological polar surface area (TPSA) is 170 Å². The first-order chi connectivity index (χ1) is 13.6. The predicted molar refractivity (Wildman–Crippen MR) is 99.6 cm³/mol. The predicted octanol–water partition coefficient (Wildman–Crippen LogP) is -0.378. The molecule has 1 saturated carbocycles. The summed E-state index contributed by atoms with van der Waals surface area (Å²) in [7, 11) is 1.44. The Labute approximate surface area is 165 Å². The summed E-state index contributed by atoms with van der Waals surface area (Å²) in [5.41, 5.74) is 2.32. The Hall–Kier alpha value is -3.17. The quantitative estimate of drug-likeness (QED) is 0.365. The maximum Gasteiger partial charge on any atom is 0.255 e. The molecule has 4 rings (SSSR count). The number of nitrogens with one attached hydrogen (secondary N) is 1. The van der Waals surface area contributed by atoms with Gasteiger partial charge in [0.05, 0.1) is 11.6 Å². The fourth-order valence-corrected chi connectivity index (χ4v) is 4.95. The molecule has 1 aromatic carbocycles. The fourth-order valence-electron chi connectivity index (χ4n) is 4.95. The van der Waals surface area contributed by atoms with Gasteiger partial charge in [0, 0.05) is 11.5 Å². The van der Waals surface area contributed by atoms with Crippen molar-refractivity contribution in [2.24, 2.45) is 17.6 Å². The molecule has 29 heavy (non-hydrogen) atoms. The van der Waals surface area contributed by atoms with Crippen molar-refractivity contribution >= 4 is 23.2 Å². The summed E-state index contributed by atoms with van der Waals surface area (Å²) in [4.78, 5) is 37.8. The number of aliphatic hydroxyl groups excluding tert-OH is 2. The highest BCUT2D eigenvalue weighted by atomic mass is 16.3. The lowest BCUT2D eigenvalue weighted by atomic mass is 9.57. The number of likely N-dealkylation sites (N-methyl/N-ethyl adjacent to an activating group) is 1. The van der Waals surface area contributed by atoms with E-state index in [4.69, 9.17) is 5.73 Å². The molecule has 9 heteroatoms. The number of amides is 1. The number of primary amides is 1. The van der Waals surface area contributed by atoms with Gasteiger partial charge in [0.15, 0.2) is 11.4 Å². The molecule has 0 unspecified atom stereocenters. The van der Waals surface area contributed by atoms with Gasteiger partial charge in [-0.3, -0.25) is 14.4 Å². The molecule has 3 aliphatic carbocycles. The Kier molecular flexibility index (Phi) is 4.07. The van der Waals surface area contributed by atoms with Gasteiger partial charge in [0.2, 0.25) is 5.78 Å². The second kappa shape index (κ2) is 6.16. The van der Waals surface area contributed by atoms with E-state index in [0.717, 1.165) is 0 Å². The van der Waals surface area contributed by atoms with Crippen molar-refractivity contribution in [2.75, 3.05) is 7.05 Å². The van der Waals surface area contributed by atoms with E-state index in [0.29, 0.717) is 12.0 Å². The van der Waals surface area contributed by atoms with Crippen molar-refractivity contribution in [1.29, 1.82) is 0 Å². The first-order valence-electron chi connectivity index (χ1n) is 9.11. The Morgan fingerprint density at radius 3 is 2.55 bits per heavy atom. The van der Waals surface area contributed by atoms with E-state index in [-0.39, 0.29) is 23.3 Å². The lowest BCUT2D eigenvalue weighted by Crippen LogP contribution is -2.65. The lowest BCUT2D eigenvalue weighted by Gasteiger charge is -2.48. The molecule has 0 aliphatic heterocycles. The number of phenols is 1. The second-order valence-electron chi connectivity index (χ2n) is 7.63. The highest BCUT2D eigenvalue weighted by molar-refractivity contribution is 6.24. The number of Topliss-reactive ketones (excluding diaryl/α,β-unsaturated/α-hetero) is 2. The summed E-state index contributed by atoms with van der Waals surface area (Å²) >= 11 is 0. The Bertz CT molecular complexity index is 1040. The van der Waals surface area contributed by atoms with Crippen molar-refractivity contribution in [3.05, 3.63) is 46.2 Å². The number of rotatable bonds is 2. The summed E-state index contributed by atoms with van der Waals surface area (Å²) in [5.74, 6) is -6.52. The largest absolute Gasteiger partial charge is 0.508 e.